The summed E-state index contributed by atoms with van der Waals surface area (Å²) in [6.45, 7) is 1.91. The topological polar surface area (TPSA) is 80.2 Å². The Morgan fingerprint density at radius 1 is 0.646 bits per heavy atom. The lowest BCUT2D eigenvalue weighted by atomic mass is 10.0. The van der Waals surface area contributed by atoms with Crippen LogP contribution in [-0.2, 0) is 4.79 Å². The number of carbonyl (C=O) groups excluding carboxylic acids is 3. The quantitative estimate of drug-likeness (QED) is 0.128. The van der Waals surface area contributed by atoms with E-state index < -0.39 is 5.91 Å². The predicted molar refractivity (Wildman–Crippen MR) is 196 cm³/mol. The molecule has 0 radical (unpaired) electrons. The highest BCUT2D eigenvalue weighted by Gasteiger charge is 2.22. The number of rotatable bonds is 8. The number of thioether (sulfide) groups is 1. The minimum absolute atomic E-state index is 0.00727. The maximum absolute atomic E-state index is 13.8. The molecule has 0 aliphatic rings. The van der Waals surface area contributed by atoms with Crippen LogP contribution in [0.2, 0.25) is 0 Å². The first-order chi connectivity index (χ1) is 23.5. The number of benzene rings is 6. The largest absolute Gasteiger partial charge is 0.321 e. The second-order valence-electron chi connectivity index (χ2n) is 11.4. The maximum atomic E-state index is 13.8. The number of amides is 2. The molecule has 2 N–H and O–H groups in total. The zero-order valence-corrected chi connectivity index (χ0v) is 26.9. The molecule has 6 nitrogen and oxygen atoms in total. The van der Waals surface area contributed by atoms with Crippen LogP contribution in [0.5, 0.6) is 0 Å². The molecule has 0 fully saturated rings. The lowest BCUT2D eigenvalue weighted by molar-refractivity contribution is -0.113. The van der Waals surface area contributed by atoms with E-state index in [2.05, 4.69) is 10.6 Å². The Hall–Kier alpha value is -5.92. The van der Waals surface area contributed by atoms with Crippen LogP contribution in [0.4, 0.5) is 5.69 Å². The van der Waals surface area contributed by atoms with Gasteiger partial charge in [-0.15, -0.1) is 11.8 Å². The molecule has 1 atom stereocenters. The highest BCUT2D eigenvalue weighted by atomic mass is 32.2. The number of carbonyl (C=O) groups is 3. The highest BCUT2D eigenvalue weighted by Crippen LogP contribution is 2.32. The lowest BCUT2D eigenvalue weighted by Crippen LogP contribution is -2.30. The summed E-state index contributed by atoms with van der Waals surface area (Å²) in [5.41, 5.74) is 3.70. The Morgan fingerprint density at radius 3 is 1.92 bits per heavy atom. The highest BCUT2D eigenvalue weighted by molar-refractivity contribution is 8.00. The normalized spacial score (nSPS) is 12.2. The van der Waals surface area contributed by atoms with Crippen LogP contribution in [-0.4, -0.2) is 27.5 Å². The number of para-hydroxylation sites is 2. The summed E-state index contributed by atoms with van der Waals surface area (Å²) >= 11 is 1.46. The van der Waals surface area contributed by atoms with Crippen molar-refractivity contribution in [2.45, 2.75) is 17.1 Å². The number of hydrogen-bond acceptors (Lipinski definition) is 4. The molecule has 0 bridgehead atoms. The van der Waals surface area contributed by atoms with Crippen LogP contribution >= 0.6 is 11.8 Å². The van der Waals surface area contributed by atoms with Crippen molar-refractivity contribution in [1.82, 2.24) is 9.88 Å². The van der Waals surface area contributed by atoms with Gasteiger partial charge in [0.05, 0.1) is 16.3 Å². The number of nitrogens with zero attached hydrogens (tertiary/aromatic N) is 1. The van der Waals surface area contributed by atoms with Crippen molar-refractivity contribution >= 4 is 73.8 Å². The van der Waals surface area contributed by atoms with Gasteiger partial charge in [-0.25, -0.2) is 0 Å². The number of nitrogens with one attached hydrogen (secondary N) is 2. The van der Waals surface area contributed by atoms with E-state index in [1.807, 2.05) is 121 Å². The number of fused-ring (bicyclic) bond motifs is 4. The van der Waals surface area contributed by atoms with Gasteiger partial charge in [-0.05, 0) is 77.9 Å². The van der Waals surface area contributed by atoms with Crippen molar-refractivity contribution in [3.63, 3.8) is 0 Å². The predicted octanol–water partition coefficient (Wildman–Crippen LogP) is 9.18. The van der Waals surface area contributed by atoms with E-state index in [0.717, 1.165) is 43.0 Å². The van der Waals surface area contributed by atoms with Crippen molar-refractivity contribution in [3.05, 3.63) is 162 Å². The van der Waals surface area contributed by atoms with Gasteiger partial charge in [-0.3, -0.25) is 19.0 Å². The van der Waals surface area contributed by atoms with Crippen molar-refractivity contribution in [2.75, 3.05) is 5.32 Å². The van der Waals surface area contributed by atoms with Crippen molar-refractivity contribution in [2.24, 2.45) is 0 Å². The van der Waals surface area contributed by atoms with Gasteiger partial charge < -0.3 is 10.6 Å². The molecule has 0 aliphatic heterocycles. The summed E-state index contributed by atoms with van der Waals surface area (Å²) in [5.74, 6) is -0.847. The van der Waals surface area contributed by atoms with E-state index in [-0.39, 0.29) is 22.8 Å². The fourth-order valence-electron chi connectivity index (χ4n) is 5.89. The zero-order chi connectivity index (χ0) is 33.0. The molecule has 0 saturated carbocycles. The minimum Gasteiger partial charge on any atom is -0.321 e. The zero-order valence-electron chi connectivity index (χ0n) is 26.1. The van der Waals surface area contributed by atoms with E-state index in [1.54, 1.807) is 42.5 Å². The molecule has 7 rings (SSSR count). The first-order valence-corrected chi connectivity index (χ1v) is 16.5. The molecule has 1 unspecified atom stereocenters. The fourth-order valence-corrected chi connectivity index (χ4v) is 6.79. The van der Waals surface area contributed by atoms with E-state index in [9.17, 15) is 14.4 Å². The number of anilines is 1. The lowest BCUT2D eigenvalue weighted by Gasteiger charge is -2.14. The molecule has 1 aromatic heterocycles. The molecular weight excluding hydrogens is 615 g/mol. The van der Waals surface area contributed by atoms with Crippen LogP contribution in [0.15, 0.2) is 156 Å². The molecular formula is C41H31N3O3S. The second-order valence-corrected chi connectivity index (χ2v) is 12.8. The minimum atomic E-state index is -0.456. The van der Waals surface area contributed by atoms with Crippen molar-refractivity contribution in [1.29, 1.82) is 0 Å². The van der Waals surface area contributed by atoms with Gasteiger partial charge >= 0.3 is 0 Å². The van der Waals surface area contributed by atoms with Gasteiger partial charge in [-0.1, -0.05) is 97.1 Å². The number of hydrogen-bond donors (Lipinski definition) is 2. The average Bonchev–Trinajstić information content (AvgIpc) is 3.46. The second kappa shape index (κ2) is 13.4. The Labute approximate surface area is 282 Å². The molecule has 1 heterocycles. The number of aromatic nitrogens is 1. The first-order valence-electron chi connectivity index (χ1n) is 15.6. The Balaban J connectivity index is 1.11. The summed E-state index contributed by atoms with van der Waals surface area (Å²) in [5, 5.41) is 9.47. The van der Waals surface area contributed by atoms with Crippen molar-refractivity contribution < 1.29 is 14.4 Å². The third kappa shape index (κ3) is 6.24. The van der Waals surface area contributed by atoms with Crippen molar-refractivity contribution in [3.8, 4) is 0 Å². The molecule has 7 aromatic rings. The van der Waals surface area contributed by atoms with Gasteiger partial charge in [0.15, 0.2) is 0 Å². The molecule has 0 aliphatic carbocycles. The van der Waals surface area contributed by atoms with Gasteiger partial charge in [0.2, 0.25) is 5.91 Å². The molecule has 6 aromatic carbocycles. The van der Waals surface area contributed by atoms with Crippen LogP contribution < -0.4 is 10.6 Å². The Morgan fingerprint density at radius 2 is 1.23 bits per heavy atom. The van der Waals surface area contributed by atoms with E-state index in [0.29, 0.717) is 11.3 Å². The van der Waals surface area contributed by atoms with Crippen LogP contribution in [0.25, 0.3) is 38.7 Å². The van der Waals surface area contributed by atoms with E-state index in [4.69, 9.17) is 0 Å². The van der Waals surface area contributed by atoms with Gasteiger partial charge in [0.1, 0.15) is 5.70 Å². The van der Waals surface area contributed by atoms with Crippen LogP contribution in [0.3, 0.4) is 0 Å². The average molecular weight is 646 g/mol. The van der Waals surface area contributed by atoms with Crippen LogP contribution in [0, 0.1) is 0 Å². The van der Waals surface area contributed by atoms with Gasteiger partial charge in [0.25, 0.3) is 11.8 Å². The summed E-state index contributed by atoms with van der Waals surface area (Å²) in [6.07, 6.45) is 1.70. The van der Waals surface area contributed by atoms with E-state index in [1.165, 1.54) is 11.8 Å². The third-order valence-corrected chi connectivity index (χ3v) is 9.32. The molecule has 7 heteroatoms. The summed E-state index contributed by atoms with van der Waals surface area (Å²) in [7, 11) is 0. The summed E-state index contributed by atoms with van der Waals surface area (Å²) in [4.78, 5) is 41.5. The monoisotopic (exact) mass is 645 g/mol. The van der Waals surface area contributed by atoms with E-state index >= 15 is 0 Å². The van der Waals surface area contributed by atoms with Gasteiger partial charge in [0, 0.05) is 26.9 Å². The Kier molecular flexibility index (Phi) is 8.60. The standard InChI is InChI=1S/C41H31N3O3S/c1-27(41(47)44-37-20-9-7-18-34(37)35-19-8-10-21-38(35)44)48-32-24-22-31(23-25-32)42-40(46)36(43-39(45)29-13-3-2-4-14-29)26-30-16-11-15-28-12-5-6-17-33(28)30/h2-27H,1H3,(H,42,46)(H,43,45)/b36-26-. The molecule has 0 spiro atoms. The third-order valence-electron chi connectivity index (χ3n) is 8.23. The van der Waals surface area contributed by atoms with Crippen LogP contribution in [0.1, 0.15) is 27.6 Å². The molecule has 2 amide bonds. The smallest absolute Gasteiger partial charge is 0.272 e. The fraction of sp³-hybridized carbons (Fsp3) is 0.0488. The first kappa shape index (κ1) is 30.7. The molecule has 0 saturated heterocycles. The molecule has 48 heavy (non-hydrogen) atoms. The summed E-state index contributed by atoms with van der Waals surface area (Å²) < 4.78 is 1.81. The van der Waals surface area contributed by atoms with Gasteiger partial charge in [-0.2, -0.15) is 0 Å². The summed E-state index contributed by atoms with van der Waals surface area (Å²) in [6, 6.07) is 45.8. The maximum Gasteiger partial charge on any atom is 0.272 e. The Bertz CT molecular complexity index is 2280. The SMILES string of the molecule is CC(Sc1ccc(NC(=O)/C(=C/c2cccc3ccccc23)NC(=O)c2ccccc2)cc1)C(=O)n1c2ccccc2c2ccccc21. The molecule has 234 valence electrons.